The molecule has 2 saturated heterocycles. The predicted octanol–water partition coefficient (Wildman–Crippen LogP) is 1.67. The van der Waals surface area contributed by atoms with Gasteiger partial charge in [0.05, 0.1) is 0 Å². The third kappa shape index (κ3) is 5.51. The number of piperidine rings is 1. The summed E-state index contributed by atoms with van der Waals surface area (Å²) in [6.07, 6.45) is 5.56. The van der Waals surface area contributed by atoms with Gasteiger partial charge in [-0.3, -0.25) is 0 Å². The molecule has 0 amide bonds. The monoisotopic (exact) mass is 317 g/mol. The molecule has 0 saturated carbocycles. The first-order valence-electron chi connectivity index (χ1n) is 8.44. The highest BCUT2D eigenvalue weighted by molar-refractivity contribution is 7.87. The van der Waals surface area contributed by atoms with Crippen LogP contribution in [0.25, 0.3) is 0 Å². The van der Waals surface area contributed by atoms with Crippen LogP contribution in [-0.4, -0.2) is 56.9 Å². The number of hydrogen-bond acceptors (Lipinski definition) is 3. The van der Waals surface area contributed by atoms with Gasteiger partial charge in [-0.25, -0.2) is 4.72 Å². The fourth-order valence-corrected chi connectivity index (χ4v) is 4.95. The minimum absolute atomic E-state index is 0.526. The van der Waals surface area contributed by atoms with Gasteiger partial charge in [0, 0.05) is 39.3 Å². The average Bonchev–Trinajstić information content (AvgIpc) is 2.66. The molecule has 0 radical (unpaired) electrons. The molecule has 6 heteroatoms. The van der Waals surface area contributed by atoms with Crippen LogP contribution in [0.15, 0.2) is 0 Å². The molecule has 0 bridgehead atoms. The zero-order chi connectivity index (χ0) is 15.3. The van der Waals surface area contributed by atoms with E-state index in [-0.39, 0.29) is 0 Å². The van der Waals surface area contributed by atoms with Crippen LogP contribution in [0, 0.1) is 11.8 Å². The van der Waals surface area contributed by atoms with E-state index in [1.165, 1.54) is 6.42 Å². The first kappa shape index (κ1) is 17.2. The van der Waals surface area contributed by atoms with Gasteiger partial charge in [-0.1, -0.05) is 26.7 Å². The van der Waals surface area contributed by atoms with E-state index in [1.54, 1.807) is 4.31 Å². The van der Waals surface area contributed by atoms with Gasteiger partial charge in [-0.15, -0.1) is 0 Å². The Balaban J connectivity index is 1.76. The lowest BCUT2D eigenvalue weighted by Gasteiger charge is -2.35. The Bertz CT molecular complexity index is 395. The van der Waals surface area contributed by atoms with Gasteiger partial charge in [0.2, 0.25) is 0 Å². The van der Waals surface area contributed by atoms with Crippen molar-refractivity contribution in [2.24, 2.45) is 11.8 Å². The summed E-state index contributed by atoms with van der Waals surface area (Å²) in [6.45, 7) is 9.44. The van der Waals surface area contributed by atoms with Gasteiger partial charge in [-0.05, 0) is 31.1 Å². The van der Waals surface area contributed by atoms with Crippen LogP contribution in [0.1, 0.15) is 46.0 Å². The van der Waals surface area contributed by atoms with E-state index in [2.05, 4.69) is 23.5 Å². The molecule has 0 aromatic carbocycles. The summed E-state index contributed by atoms with van der Waals surface area (Å²) >= 11 is 0. The Morgan fingerprint density at radius 2 is 1.57 bits per heavy atom. The first-order valence-corrected chi connectivity index (χ1v) is 9.88. The molecule has 5 nitrogen and oxygen atoms in total. The van der Waals surface area contributed by atoms with E-state index in [4.69, 9.17) is 0 Å². The average molecular weight is 317 g/mol. The number of rotatable bonds is 5. The summed E-state index contributed by atoms with van der Waals surface area (Å²) in [6, 6.07) is 0. The van der Waals surface area contributed by atoms with Crippen molar-refractivity contribution in [3.8, 4) is 0 Å². The van der Waals surface area contributed by atoms with Crippen LogP contribution >= 0.6 is 0 Å². The normalized spacial score (nSPS) is 30.2. The fraction of sp³-hybridized carbons (Fsp3) is 1.00. The highest BCUT2D eigenvalue weighted by Gasteiger charge is 2.24. The van der Waals surface area contributed by atoms with Gasteiger partial charge in [0.15, 0.2) is 0 Å². The minimum Gasteiger partial charge on any atom is -0.302 e. The van der Waals surface area contributed by atoms with Gasteiger partial charge in [0.25, 0.3) is 10.2 Å². The highest BCUT2D eigenvalue weighted by Crippen LogP contribution is 2.20. The number of likely N-dealkylation sites (tertiary alicyclic amines) is 1. The van der Waals surface area contributed by atoms with E-state index in [9.17, 15) is 8.42 Å². The van der Waals surface area contributed by atoms with Crippen molar-refractivity contribution in [1.29, 1.82) is 0 Å². The van der Waals surface area contributed by atoms with Crippen molar-refractivity contribution in [3.05, 3.63) is 0 Å². The van der Waals surface area contributed by atoms with Crippen molar-refractivity contribution in [2.75, 3.05) is 39.3 Å². The topological polar surface area (TPSA) is 52.7 Å². The van der Waals surface area contributed by atoms with Crippen LogP contribution < -0.4 is 4.72 Å². The maximum absolute atomic E-state index is 12.3. The summed E-state index contributed by atoms with van der Waals surface area (Å²) < 4.78 is 29.0. The summed E-state index contributed by atoms with van der Waals surface area (Å²) in [4.78, 5) is 2.39. The van der Waals surface area contributed by atoms with E-state index in [0.29, 0.717) is 19.6 Å². The molecule has 2 rings (SSSR count). The van der Waals surface area contributed by atoms with Crippen molar-refractivity contribution in [1.82, 2.24) is 13.9 Å². The number of hydrogen-bond donors (Lipinski definition) is 1. The zero-order valence-corrected chi connectivity index (χ0v) is 14.4. The standard InChI is InChI=1S/C15H31N3O2S/c1-14-11-15(2)13-17(12-14)10-7-16-21(19,20)18-8-5-3-4-6-9-18/h14-16H,3-13H2,1-2H3/t14-,15-/m0/s1. The molecular formula is C15H31N3O2S. The van der Waals surface area contributed by atoms with Gasteiger partial charge in [0.1, 0.15) is 0 Å². The number of nitrogens with one attached hydrogen (secondary N) is 1. The molecular weight excluding hydrogens is 286 g/mol. The molecule has 2 fully saturated rings. The SMILES string of the molecule is C[C@H]1C[C@H](C)CN(CCNS(=O)(=O)N2CCCCCC2)C1. The van der Waals surface area contributed by atoms with Crippen LogP contribution in [0.5, 0.6) is 0 Å². The third-order valence-electron chi connectivity index (χ3n) is 4.56. The zero-order valence-electron chi connectivity index (χ0n) is 13.6. The molecule has 2 aliphatic heterocycles. The number of nitrogens with zero attached hydrogens (tertiary/aromatic N) is 2. The molecule has 2 heterocycles. The van der Waals surface area contributed by atoms with Crippen molar-refractivity contribution < 1.29 is 8.42 Å². The lowest BCUT2D eigenvalue weighted by molar-refractivity contribution is 0.143. The quantitative estimate of drug-likeness (QED) is 0.839. The molecule has 2 aliphatic rings. The predicted molar refractivity (Wildman–Crippen MR) is 86.3 cm³/mol. The third-order valence-corrected chi connectivity index (χ3v) is 6.18. The summed E-state index contributed by atoms with van der Waals surface area (Å²) in [5, 5.41) is 0. The molecule has 1 N–H and O–H groups in total. The molecule has 0 aliphatic carbocycles. The van der Waals surface area contributed by atoms with Crippen LogP contribution in [-0.2, 0) is 10.2 Å². The lowest BCUT2D eigenvalue weighted by atomic mass is 9.92. The fourth-order valence-electron chi connectivity index (χ4n) is 3.68. The second kappa shape index (κ2) is 7.90. The Labute approximate surface area is 130 Å². The summed E-state index contributed by atoms with van der Waals surface area (Å²) in [5.74, 6) is 1.44. The summed E-state index contributed by atoms with van der Waals surface area (Å²) in [7, 11) is -3.28. The second-order valence-electron chi connectivity index (χ2n) is 6.92. The van der Waals surface area contributed by atoms with Crippen molar-refractivity contribution in [3.63, 3.8) is 0 Å². The van der Waals surface area contributed by atoms with E-state index in [1.807, 2.05) is 0 Å². The van der Waals surface area contributed by atoms with E-state index < -0.39 is 10.2 Å². The van der Waals surface area contributed by atoms with Gasteiger partial charge in [-0.2, -0.15) is 12.7 Å². The molecule has 2 atom stereocenters. The maximum Gasteiger partial charge on any atom is 0.279 e. The first-order chi connectivity index (χ1) is 9.97. The highest BCUT2D eigenvalue weighted by atomic mass is 32.2. The molecule has 21 heavy (non-hydrogen) atoms. The van der Waals surface area contributed by atoms with Crippen molar-refractivity contribution >= 4 is 10.2 Å². The van der Waals surface area contributed by atoms with Crippen LogP contribution in [0.4, 0.5) is 0 Å². The minimum atomic E-state index is -3.28. The lowest BCUT2D eigenvalue weighted by Crippen LogP contribution is -2.46. The summed E-state index contributed by atoms with van der Waals surface area (Å²) in [5.41, 5.74) is 0. The van der Waals surface area contributed by atoms with Crippen molar-refractivity contribution in [2.45, 2.75) is 46.0 Å². The molecule has 0 aromatic heterocycles. The van der Waals surface area contributed by atoms with Crippen LogP contribution in [0.2, 0.25) is 0 Å². The second-order valence-corrected chi connectivity index (χ2v) is 8.67. The van der Waals surface area contributed by atoms with Gasteiger partial charge < -0.3 is 4.90 Å². The van der Waals surface area contributed by atoms with E-state index >= 15 is 0 Å². The molecule has 124 valence electrons. The Kier molecular flexibility index (Phi) is 6.47. The molecule has 0 spiro atoms. The molecule has 0 aromatic rings. The van der Waals surface area contributed by atoms with E-state index in [0.717, 1.165) is 57.2 Å². The largest absolute Gasteiger partial charge is 0.302 e. The smallest absolute Gasteiger partial charge is 0.279 e. The molecule has 0 unspecified atom stereocenters. The Morgan fingerprint density at radius 3 is 2.14 bits per heavy atom. The Hall–Kier alpha value is -0.170. The maximum atomic E-state index is 12.3. The van der Waals surface area contributed by atoms with Gasteiger partial charge >= 0.3 is 0 Å². The Morgan fingerprint density at radius 1 is 1.00 bits per heavy atom. The van der Waals surface area contributed by atoms with Crippen LogP contribution in [0.3, 0.4) is 0 Å².